The number of esters is 1. The molecule has 98 valence electrons. The van der Waals surface area contributed by atoms with E-state index in [4.69, 9.17) is 4.74 Å². The largest absolute Gasteiger partial charge is 0.448 e. The fraction of sp³-hybridized carbons (Fsp3) is 0.533. The first kappa shape index (κ1) is 13.1. The molecule has 1 fully saturated rings. The van der Waals surface area contributed by atoms with Crippen LogP contribution in [0.4, 0.5) is 0 Å². The molecule has 0 spiro atoms. The van der Waals surface area contributed by atoms with Crippen molar-refractivity contribution in [2.45, 2.75) is 25.9 Å². The van der Waals surface area contributed by atoms with Crippen LogP contribution in [-0.2, 0) is 15.1 Å². The van der Waals surface area contributed by atoms with E-state index >= 15 is 0 Å². The number of likely N-dealkylation sites (tertiary alicyclic amines) is 1. The molecular weight excluding hydrogens is 226 g/mol. The number of quaternary nitrogens is 1. The predicted octanol–water partition coefficient (Wildman–Crippen LogP) is 0.999. The molecule has 1 N–H and O–H groups in total. The third-order valence-corrected chi connectivity index (χ3v) is 3.60. The molecule has 0 bridgehead atoms. The van der Waals surface area contributed by atoms with E-state index in [-0.39, 0.29) is 5.97 Å². The highest BCUT2D eigenvalue weighted by atomic mass is 16.6. The summed E-state index contributed by atoms with van der Waals surface area (Å²) in [5.74, 6) is 0.360. The van der Waals surface area contributed by atoms with Crippen molar-refractivity contribution in [2.24, 2.45) is 5.92 Å². The number of rotatable bonds is 2. The van der Waals surface area contributed by atoms with E-state index < -0.39 is 5.60 Å². The van der Waals surface area contributed by atoms with Crippen LogP contribution in [0.5, 0.6) is 0 Å². The molecule has 3 atom stereocenters. The normalized spacial score (nSPS) is 31.9. The van der Waals surface area contributed by atoms with Crippen molar-refractivity contribution in [3.63, 3.8) is 0 Å². The quantitative estimate of drug-likeness (QED) is 0.792. The number of ether oxygens (including phenoxy) is 1. The maximum atomic E-state index is 11.5. The third kappa shape index (κ3) is 2.72. The fourth-order valence-corrected chi connectivity index (χ4v) is 3.24. The maximum Gasteiger partial charge on any atom is 0.303 e. The van der Waals surface area contributed by atoms with Gasteiger partial charge in [0.15, 0.2) is 5.60 Å². The first-order valence-electron chi connectivity index (χ1n) is 6.58. The molecule has 1 aliphatic heterocycles. The van der Waals surface area contributed by atoms with Crippen molar-refractivity contribution in [1.82, 2.24) is 0 Å². The number of likely N-dealkylation sites (N-methyl/N-ethyl adjacent to an activating group) is 1. The topological polar surface area (TPSA) is 30.7 Å². The number of carbonyl (C=O) groups excluding carboxylic acids is 1. The Morgan fingerprint density at radius 3 is 2.61 bits per heavy atom. The van der Waals surface area contributed by atoms with Gasteiger partial charge in [-0.1, -0.05) is 37.3 Å². The molecule has 1 aromatic rings. The second-order valence-corrected chi connectivity index (χ2v) is 5.60. The van der Waals surface area contributed by atoms with Gasteiger partial charge in [0, 0.05) is 24.8 Å². The molecule has 0 saturated carbocycles. The van der Waals surface area contributed by atoms with Gasteiger partial charge in [-0.15, -0.1) is 0 Å². The van der Waals surface area contributed by atoms with E-state index in [9.17, 15) is 4.79 Å². The van der Waals surface area contributed by atoms with Gasteiger partial charge in [0.2, 0.25) is 0 Å². The van der Waals surface area contributed by atoms with Gasteiger partial charge in [0.25, 0.3) is 0 Å². The van der Waals surface area contributed by atoms with Gasteiger partial charge in [-0.2, -0.15) is 0 Å². The van der Waals surface area contributed by atoms with Gasteiger partial charge >= 0.3 is 5.97 Å². The lowest BCUT2D eigenvalue weighted by atomic mass is 9.81. The van der Waals surface area contributed by atoms with Gasteiger partial charge in [-0.3, -0.25) is 4.79 Å². The Kier molecular flexibility index (Phi) is 3.71. The number of nitrogens with one attached hydrogen (secondary N) is 1. The monoisotopic (exact) mass is 248 g/mol. The molecule has 0 aromatic heterocycles. The average molecular weight is 248 g/mol. The molecular formula is C15H22NO2+. The van der Waals surface area contributed by atoms with Crippen LogP contribution in [0.15, 0.2) is 30.3 Å². The summed E-state index contributed by atoms with van der Waals surface area (Å²) in [7, 11) is 2.16. The molecule has 0 radical (unpaired) electrons. The molecule has 1 aliphatic rings. The molecule has 3 nitrogen and oxygen atoms in total. The fourth-order valence-electron chi connectivity index (χ4n) is 3.24. The zero-order valence-corrected chi connectivity index (χ0v) is 11.4. The molecule has 1 aromatic carbocycles. The van der Waals surface area contributed by atoms with E-state index in [1.807, 2.05) is 18.2 Å². The van der Waals surface area contributed by atoms with Crippen LogP contribution in [0.2, 0.25) is 0 Å². The van der Waals surface area contributed by atoms with Crippen LogP contribution in [-0.4, -0.2) is 26.1 Å². The summed E-state index contributed by atoms with van der Waals surface area (Å²) in [4.78, 5) is 12.9. The van der Waals surface area contributed by atoms with E-state index in [0.29, 0.717) is 5.92 Å². The molecule has 1 unspecified atom stereocenters. The number of carbonyl (C=O) groups is 1. The highest BCUT2D eigenvalue weighted by Gasteiger charge is 2.44. The lowest BCUT2D eigenvalue weighted by Gasteiger charge is -2.41. The van der Waals surface area contributed by atoms with E-state index in [0.717, 1.165) is 25.1 Å². The molecule has 3 heteroatoms. The molecule has 1 saturated heterocycles. The highest BCUT2D eigenvalue weighted by molar-refractivity contribution is 5.67. The lowest BCUT2D eigenvalue weighted by molar-refractivity contribution is -0.897. The first-order chi connectivity index (χ1) is 8.52. The van der Waals surface area contributed by atoms with Gasteiger partial charge in [-0.25, -0.2) is 0 Å². The number of hydrogen-bond donors (Lipinski definition) is 1. The summed E-state index contributed by atoms with van der Waals surface area (Å²) in [5, 5.41) is 0. The highest BCUT2D eigenvalue weighted by Crippen LogP contribution is 2.33. The standard InChI is InChI=1S/C15H21NO2/c1-12-9-15(18-13(2)17,11-16(3)10-12)14-7-5-4-6-8-14/h4-8,12H,9-11H2,1-3H3/p+1/t12-,15-/m1/s1. The molecule has 0 amide bonds. The van der Waals surface area contributed by atoms with E-state index in [1.54, 1.807) is 0 Å². The number of piperidine rings is 1. The average Bonchev–Trinajstić information content (AvgIpc) is 2.27. The Morgan fingerprint density at radius 2 is 2.06 bits per heavy atom. The summed E-state index contributed by atoms with van der Waals surface area (Å²) in [5.41, 5.74) is 0.667. The van der Waals surface area contributed by atoms with Crippen molar-refractivity contribution in [3.05, 3.63) is 35.9 Å². The van der Waals surface area contributed by atoms with E-state index in [1.165, 1.54) is 11.8 Å². The number of hydrogen-bond acceptors (Lipinski definition) is 2. The third-order valence-electron chi connectivity index (χ3n) is 3.60. The molecule has 0 aliphatic carbocycles. The van der Waals surface area contributed by atoms with Gasteiger partial charge in [-0.05, 0) is 0 Å². The molecule has 2 rings (SSSR count). The Morgan fingerprint density at radius 1 is 1.39 bits per heavy atom. The zero-order valence-electron chi connectivity index (χ0n) is 11.4. The summed E-state index contributed by atoms with van der Waals surface area (Å²) in [6.45, 7) is 5.71. The van der Waals surface area contributed by atoms with Gasteiger partial charge in [0.1, 0.15) is 6.54 Å². The number of benzene rings is 1. The summed E-state index contributed by atoms with van der Waals surface area (Å²) in [6.07, 6.45) is 0.911. The second-order valence-electron chi connectivity index (χ2n) is 5.60. The minimum Gasteiger partial charge on any atom is -0.448 e. The predicted molar refractivity (Wildman–Crippen MR) is 70.3 cm³/mol. The van der Waals surface area contributed by atoms with Crippen molar-refractivity contribution in [2.75, 3.05) is 20.1 Å². The zero-order chi connectivity index (χ0) is 13.2. The lowest BCUT2D eigenvalue weighted by Crippen LogP contribution is -3.12. The SMILES string of the molecule is CC(=O)O[C@]1(c2ccccc2)C[C@@H](C)C[NH+](C)C1. The summed E-state index contributed by atoms with van der Waals surface area (Å²) in [6, 6.07) is 10.1. The van der Waals surface area contributed by atoms with Crippen LogP contribution in [0.3, 0.4) is 0 Å². The molecule has 18 heavy (non-hydrogen) atoms. The Labute approximate surface area is 109 Å². The Balaban J connectivity index is 2.37. The summed E-state index contributed by atoms with van der Waals surface area (Å²) < 4.78 is 5.75. The van der Waals surface area contributed by atoms with Crippen LogP contribution in [0.1, 0.15) is 25.8 Å². The van der Waals surface area contributed by atoms with E-state index in [2.05, 4.69) is 26.1 Å². The van der Waals surface area contributed by atoms with Crippen molar-refractivity contribution in [1.29, 1.82) is 0 Å². The van der Waals surface area contributed by atoms with Crippen LogP contribution < -0.4 is 4.90 Å². The Hall–Kier alpha value is -1.35. The Bertz CT molecular complexity index is 406. The van der Waals surface area contributed by atoms with Gasteiger partial charge < -0.3 is 9.64 Å². The first-order valence-corrected chi connectivity index (χ1v) is 6.58. The smallest absolute Gasteiger partial charge is 0.303 e. The maximum absolute atomic E-state index is 11.5. The van der Waals surface area contributed by atoms with Crippen LogP contribution >= 0.6 is 0 Å². The van der Waals surface area contributed by atoms with Crippen molar-refractivity contribution < 1.29 is 14.4 Å². The minimum absolute atomic E-state index is 0.194. The van der Waals surface area contributed by atoms with Gasteiger partial charge in [0.05, 0.1) is 13.6 Å². The molecule has 1 heterocycles. The summed E-state index contributed by atoms with van der Waals surface area (Å²) >= 11 is 0. The van der Waals surface area contributed by atoms with Crippen LogP contribution in [0.25, 0.3) is 0 Å². The second kappa shape index (κ2) is 5.11. The van der Waals surface area contributed by atoms with Crippen molar-refractivity contribution in [3.8, 4) is 0 Å². The van der Waals surface area contributed by atoms with Crippen LogP contribution in [0, 0.1) is 5.92 Å². The minimum atomic E-state index is -0.450. The van der Waals surface area contributed by atoms with Crippen molar-refractivity contribution >= 4 is 5.97 Å².